The van der Waals surface area contributed by atoms with E-state index in [-0.39, 0.29) is 23.5 Å². The maximum Gasteiger partial charge on any atom is 0.233 e. The summed E-state index contributed by atoms with van der Waals surface area (Å²) in [7, 11) is 0. The van der Waals surface area contributed by atoms with Crippen molar-refractivity contribution in [1.29, 1.82) is 0 Å². The number of carbonyl (C=O) groups is 2. The Kier molecular flexibility index (Phi) is 7.49. The van der Waals surface area contributed by atoms with E-state index in [4.69, 9.17) is 5.73 Å². The van der Waals surface area contributed by atoms with Gasteiger partial charge in [-0.25, -0.2) is 0 Å². The molecular weight excluding hydrogens is 406 g/mol. The van der Waals surface area contributed by atoms with Crippen molar-refractivity contribution < 1.29 is 9.59 Å². The molecule has 0 radical (unpaired) electrons. The van der Waals surface area contributed by atoms with Crippen LogP contribution in [0.15, 0.2) is 22.5 Å². The lowest BCUT2D eigenvalue weighted by atomic mass is 9.97. The average Bonchev–Trinajstić information content (AvgIpc) is 3.19. The molecule has 1 saturated heterocycles. The van der Waals surface area contributed by atoms with E-state index in [2.05, 4.69) is 47.6 Å². The number of nitrogens with two attached hydrogens (primary N) is 1. The second-order valence-corrected chi connectivity index (χ2v) is 9.23. The number of likely N-dealkylation sites (tertiary alicyclic amines) is 1. The molecule has 0 bridgehead atoms. The smallest absolute Gasteiger partial charge is 0.233 e. The molecule has 1 atom stereocenters. The number of para-hydroxylation sites is 1. The monoisotopic (exact) mass is 433 g/mol. The highest BCUT2D eigenvalue weighted by Crippen LogP contribution is 2.31. The highest BCUT2D eigenvalue weighted by atomic mass is 32.2. The SMILES string of the molecule is CCc1cccc(CC)c1Nc1nnc(SCC(=O)N2CCCC(C(N)=O)C2)s1. The summed E-state index contributed by atoms with van der Waals surface area (Å²) < 4.78 is 0.747. The van der Waals surface area contributed by atoms with Crippen LogP contribution in [0, 0.1) is 5.92 Å². The van der Waals surface area contributed by atoms with Gasteiger partial charge in [-0.15, -0.1) is 10.2 Å². The molecular formula is C20H27N5O2S2. The van der Waals surface area contributed by atoms with E-state index in [0.717, 1.165) is 40.8 Å². The first-order valence-corrected chi connectivity index (χ1v) is 11.7. The van der Waals surface area contributed by atoms with Crippen molar-refractivity contribution in [2.75, 3.05) is 24.2 Å². The number of hydrogen-bond acceptors (Lipinski definition) is 7. The van der Waals surface area contributed by atoms with E-state index in [1.165, 1.54) is 34.2 Å². The number of aryl methyl sites for hydroxylation is 2. The lowest BCUT2D eigenvalue weighted by Gasteiger charge is -2.31. The molecule has 2 amide bonds. The second kappa shape index (κ2) is 10.1. The third kappa shape index (κ3) is 5.48. The lowest BCUT2D eigenvalue weighted by Crippen LogP contribution is -2.44. The van der Waals surface area contributed by atoms with Crippen LogP contribution in [0.1, 0.15) is 37.8 Å². The summed E-state index contributed by atoms with van der Waals surface area (Å²) in [5, 5.41) is 12.6. The first-order valence-electron chi connectivity index (χ1n) is 9.93. The number of amides is 2. The first kappa shape index (κ1) is 21.6. The van der Waals surface area contributed by atoms with E-state index >= 15 is 0 Å². The summed E-state index contributed by atoms with van der Waals surface area (Å²) >= 11 is 2.83. The molecule has 7 nitrogen and oxygen atoms in total. The van der Waals surface area contributed by atoms with Gasteiger partial charge in [0.25, 0.3) is 0 Å². The van der Waals surface area contributed by atoms with Crippen LogP contribution in [0.5, 0.6) is 0 Å². The summed E-state index contributed by atoms with van der Waals surface area (Å²) in [5.74, 6) is -0.267. The van der Waals surface area contributed by atoms with Crippen molar-refractivity contribution >= 4 is 45.7 Å². The third-order valence-corrected chi connectivity index (χ3v) is 7.09. The van der Waals surface area contributed by atoms with E-state index < -0.39 is 0 Å². The predicted octanol–water partition coefficient (Wildman–Crippen LogP) is 3.22. The van der Waals surface area contributed by atoms with Gasteiger partial charge in [0.2, 0.25) is 16.9 Å². The van der Waals surface area contributed by atoms with Crippen LogP contribution in [0.4, 0.5) is 10.8 Å². The zero-order chi connectivity index (χ0) is 20.8. The number of anilines is 2. The van der Waals surface area contributed by atoms with Gasteiger partial charge in [-0.3, -0.25) is 9.59 Å². The molecule has 9 heteroatoms. The first-order chi connectivity index (χ1) is 14.0. The minimum Gasteiger partial charge on any atom is -0.369 e. The number of benzene rings is 1. The Morgan fingerprint density at radius 2 is 2.00 bits per heavy atom. The fraction of sp³-hybridized carbons (Fsp3) is 0.500. The van der Waals surface area contributed by atoms with Gasteiger partial charge in [0, 0.05) is 18.8 Å². The highest BCUT2D eigenvalue weighted by molar-refractivity contribution is 8.01. The third-order valence-electron chi connectivity index (χ3n) is 5.13. The second-order valence-electron chi connectivity index (χ2n) is 7.03. The minimum atomic E-state index is -0.325. The van der Waals surface area contributed by atoms with E-state index in [1.807, 2.05) is 0 Å². The molecule has 1 aliphatic rings. The van der Waals surface area contributed by atoms with Gasteiger partial charge in [-0.1, -0.05) is 55.1 Å². The van der Waals surface area contributed by atoms with Gasteiger partial charge >= 0.3 is 0 Å². The maximum atomic E-state index is 12.5. The molecule has 3 N–H and O–H groups in total. The van der Waals surface area contributed by atoms with Gasteiger partial charge in [-0.2, -0.15) is 0 Å². The molecule has 3 rings (SSSR count). The van der Waals surface area contributed by atoms with Crippen molar-refractivity contribution in [2.24, 2.45) is 11.7 Å². The molecule has 0 spiro atoms. The Hall–Kier alpha value is -2.13. The largest absolute Gasteiger partial charge is 0.369 e. The fourth-order valence-corrected chi connectivity index (χ4v) is 5.14. The minimum absolute atomic E-state index is 0.00950. The van der Waals surface area contributed by atoms with Crippen LogP contribution in [0.2, 0.25) is 0 Å². The van der Waals surface area contributed by atoms with E-state index in [9.17, 15) is 9.59 Å². The molecule has 29 heavy (non-hydrogen) atoms. The van der Waals surface area contributed by atoms with Gasteiger partial charge in [0.15, 0.2) is 4.34 Å². The van der Waals surface area contributed by atoms with Gasteiger partial charge in [-0.05, 0) is 36.8 Å². The normalized spacial score (nSPS) is 16.6. The fourth-order valence-electron chi connectivity index (χ4n) is 3.48. The van der Waals surface area contributed by atoms with Crippen LogP contribution in [-0.4, -0.2) is 45.8 Å². The van der Waals surface area contributed by atoms with Crippen LogP contribution in [0.25, 0.3) is 0 Å². The quantitative estimate of drug-likeness (QED) is 0.620. The van der Waals surface area contributed by atoms with Crippen molar-refractivity contribution in [2.45, 2.75) is 43.9 Å². The number of carbonyl (C=O) groups excluding carboxylic acids is 2. The van der Waals surface area contributed by atoms with Crippen molar-refractivity contribution in [3.8, 4) is 0 Å². The number of thioether (sulfide) groups is 1. The lowest BCUT2D eigenvalue weighted by molar-refractivity contribution is -0.132. The van der Waals surface area contributed by atoms with Crippen LogP contribution >= 0.6 is 23.1 Å². The number of aromatic nitrogens is 2. The summed E-state index contributed by atoms with van der Waals surface area (Å²) in [4.78, 5) is 25.6. The Labute approximate surface area is 179 Å². The topological polar surface area (TPSA) is 101 Å². The number of nitrogens with one attached hydrogen (secondary N) is 1. The molecule has 1 aromatic carbocycles. The Morgan fingerprint density at radius 3 is 2.66 bits per heavy atom. The zero-order valence-corrected chi connectivity index (χ0v) is 18.4. The van der Waals surface area contributed by atoms with Gasteiger partial charge in [0.1, 0.15) is 0 Å². The summed E-state index contributed by atoms with van der Waals surface area (Å²) in [6.45, 7) is 5.37. The van der Waals surface area contributed by atoms with Crippen molar-refractivity contribution in [1.82, 2.24) is 15.1 Å². The van der Waals surface area contributed by atoms with Crippen molar-refractivity contribution in [3.63, 3.8) is 0 Å². The highest BCUT2D eigenvalue weighted by Gasteiger charge is 2.27. The van der Waals surface area contributed by atoms with E-state index in [0.29, 0.717) is 13.1 Å². The number of hydrogen-bond donors (Lipinski definition) is 2. The molecule has 0 aliphatic carbocycles. The summed E-state index contributed by atoms with van der Waals surface area (Å²) in [5.41, 5.74) is 9.00. The molecule has 1 fully saturated rings. The average molecular weight is 434 g/mol. The molecule has 1 unspecified atom stereocenters. The van der Waals surface area contributed by atoms with Crippen LogP contribution in [0.3, 0.4) is 0 Å². The van der Waals surface area contributed by atoms with Crippen LogP contribution in [-0.2, 0) is 22.4 Å². The Bertz CT molecular complexity index is 848. The predicted molar refractivity (Wildman–Crippen MR) is 118 cm³/mol. The summed E-state index contributed by atoms with van der Waals surface area (Å²) in [6, 6.07) is 6.32. The number of rotatable bonds is 8. The molecule has 2 heterocycles. The number of primary amides is 1. The molecule has 1 aliphatic heterocycles. The number of nitrogens with zero attached hydrogens (tertiary/aromatic N) is 3. The van der Waals surface area contributed by atoms with Gasteiger partial charge < -0.3 is 16.0 Å². The Balaban J connectivity index is 1.59. The molecule has 2 aromatic rings. The van der Waals surface area contributed by atoms with Crippen molar-refractivity contribution in [3.05, 3.63) is 29.3 Å². The molecule has 0 saturated carbocycles. The maximum absolute atomic E-state index is 12.5. The Morgan fingerprint density at radius 1 is 1.28 bits per heavy atom. The standard InChI is InChI=1S/C20H27N5O2S2/c1-3-13-7-5-8-14(4-2)17(13)22-19-23-24-20(29-19)28-12-16(26)25-10-6-9-15(11-25)18(21)27/h5,7-8,15H,3-4,6,9-12H2,1-2H3,(H2,21,27)(H,22,23). The molecule has 156 valence electrons. The zero-order valence-electron chi connectivity index (χ0n) is 16.8. The van der Waals surface area contributed by atoms with E-state index in [1.54, 1.807) is 4.90 Å². The summed E-state index contributed by atoms with van der Waals surface area (Å²) in [6.07, 6.45) is 3.45. The van der Waals surface area contributed by atoms with Crippen LogP contribution < -0.4 is 11.1 Å². The molecule has 1 aromatic heterocycles. The number of piperidine rings is 1. The van der Waals surface area contributed by atoms with Gasteiger partial charge in [0.05, 0.1) is 11.7 Å².